The highest BCUT2D eigenvalue weighted by Crippen LogP contribution is 2.13. The van der Waals surface area contributed by atoms with E-state index in [1.807, 2.05) is 13.8 Å². The molecule has 0 aliphatic heterocycles. The first-order valence-electron chi connectivity index (χ1n) is 4.66. The number of H-pyrrole nitrogens is 1. The van der Waals surface area contributed by atoms with Crippen LogP contribution in [0.2, 0.25) is 0 Å². The zero-order valence-electron chi connectivity index (χ0n) is 8.50. The maximum Gasteiger partial charge on any atom is 0.352 e. The molecular formula is C10H16N2O2. The Morgan fingerprint density at radius 2 is 2.36 bits per heavy atom. The third-order valence-corrected chi connectivity index (χ3v) is 2.31. The smallest absolute Gasteiger partial charge is 0.352 e. The minimum absolute atomic E-state index is 0.252. The molecule has 0 radical (unpaired) electrons. The van der Waals surface area contributed by atoms with E-state index in [-0.39, 0.29) is 5.69 Å². The number of aromatic amines is 1. The molecular weight excluding hydrogens is 180 g/mol. The third kappa shape index (κ3) is 2.35. The highest BCUT2D eigenvalue weighted by Gasteiger charge is 2.11. The van der Waals surface area contributed by atoms with Crippen LogP contribution >= 0.6 is 0 Å². The maximum absolute atomic E-state index is 10.7. The number of carboxylic acids is 1. The molecule has 0 saturated heterocycles. The fraction of sp³-hybridized carbons (Fsp3) is 0.500. The number of hydrogen-bond acceptors (Lipinski definition) is 2. The van der Waals surface area contributed by atoms with Gasteiger partial charge in [-0.1, -0.05) is 6.92 Å². The third-order valence-electron chi connectivity index (χ3n) is 2.31. The average Bonchev–Trinajstić information content (AvgIpc) is 2.48. The van der Waals surface area contributed by atoms with Gasteiger partial charge >= 0.3 is 5.97 Å². The maximum atomic E-state index is 10.7. The molecule has 0 aliphatic rings. The molecule has 1 rings (SSSR count). The van der Waals surface area contributed by atoms with Gasteiger partial charge in [0.05, 0.1) is 0 Å². The van der Waals surface area contributed by atoms with Gasteiger partial charge in [0.15, 0.2) is 0 Å². The van der Waals surface area contributed by atoms with Crippen molar-refractivity contribution < 1.29 is 9.90 Å². The number of rotatable bonds is 4. The van der Waals surface area contributed by atoms with Gasteiger partial charge in [0, 0.05) is 5.69 Å². The largest absolute Gasteiger partial charge is 0.477 e. The van der Waals surface area contributed by atoms with Gasteiger partial charge in [-0.05, 0) is 37.4 Å². The van der Waals surface area contributed by atoms with Gasteiger partial charge in [0.25, 0.3) is 0 Å². The fourth-order valence-corrected chi connectivity index (χ4v) is 1.36. The summed E-state index contributed by atoms with van der Waals surface area (Å²) in [5.41, 5.74) is 7.72. The van der Waals surface area contributed by atoms with Crippen molar-refractivity contribution in [2.24, 2.45) is 11.7 Å². The fourth-order valence-electron chi connectivity index (χ4n) is 1.36. The van der Waals surface area contributed by atoms with Crippen LogP contribution in [0.15, 0.2) is 6.07 Å². The second kappa shape index (κ2) is 4.28. The van der Waals surface area contributed by atoms with Gasteiger partial charge in [0.2, 0.25) is 0 Å². The van der Waals surface area contributed by atoms with Crippen molar-refractivity contribution in [3.8, 4) is 0 Å². The molecule has 1 aromatic heterocycles. The topological polar surface area (TPSA) is 79.1 Å². The van der Waals surface area contributed by atoms with Crippen LogP contribution in [0.5, 0.6) is 0 Å². The van der Waals surface area contributed by atoms with E-state index in [0.717, 1.165) is 17.7 Å². The molecule has 1 unspecified atom stereocenters. The Morgan fingerprint density at radius 3 is 2.79 bits per heavy atom. The molecule has 4 N–H and O–H groups in total. The summed E-state index contributed by atoms with van der Waals surface area (Å²) in [6.45, 7) is 4.56. The molecule has 4 heteroatoms. The van der Waals surface area contributed by atoms with Crippen molar-refractivity contribution in [2.75, 3.05) is 6.54 Å². The summed E-state index contributed by atoms with van der Waals surface area (Å²) in [4.78, 5) is 13.6. The van der Waals surface area contributed by atoms with Crippen LogP contribution in [0, 0.1) is 12.8 Å². The van der Waals surface area contributed by atoms with Crippen molar-refractivity contribution in [2.45, 2.75) is 20.3 Å². The summed E-state index contributed by atoms with van der Waals surface area (Å²) < 4.78 is 0. The SMILES string of the molecule is Cc1cc(C(=O)O)[nH]c1CC(C)CN. The molecule has 0 aliphatic carbocycles. The molecule has 1 heterocycles. The highest BCUT2D eigenvalue weighted by atomic mass is 16.4. The first-order chi connectivity index (χ1) is 6.54. The van der Waals surface area contributed by atoms with Gasteiger partial charge in [-0.2, -0.15) is 0 Å². The molecule has 0 amide bonds. The van der Waals surface area contributed by atoms with E-state index < -0.39 is 5.97 Å². The number of nitrogens with one attached hydrogen (secondary N) is 1. The van der Waals surface area contributed by atoms with Gasteiger partial charge in [-0.3, -0.25) is 0 Å². The molecule has 4 nitrogen and oxygen atoms in total. The Bertz CT molecular complexity index is 331. The second-order valence-corrected chi connectivity index (χ2v) is 3.69. The number of carboxylic acid groups (broad SMARTS) is 1. The van der Waals surface area contributed by atoms with Crippen LogP contribution < -0.4 is 5.73 Å². The number of aromatic nitrogens is 1. The van der Waals surface area contributed by atoms with E-state index >= 15 is 0 Å². The predicted molar refractivity (Wildman–Crippen MR) is 54.4 cm³/mol. The van der Waals surface area contributed by atoms with Crippen molar-refractivity contribution >= 4 is 5.97 Å². The van der Waals surface area contributed by atoms with Crippen LogP contribution in [0.25, 0.3) is 0 Å². The molecule has 0 aromatic carbocycles. The van der Waals surface area contributed by atoms with Gasteiger partial charge in [-0.25, -0.2) is 4.79 Å². The lowest BCUT2D eigenvalue weighted by atomic mass is 10.0. The van der Waals surface area contributed by atoms with E-state index in [1.165, 1.54) is 0 Å². The zero-order valence-corrected chi connectivity index (χ0v) is 8.50. The number of aryl methyl sites for hydroxylation is 1. The number of aromatic carboxylic acids is 1. The van der Waals surface area contributed by atoms with Crippen LogP contribution in [-0.4, -0.2) is 22.6 Å². The average molecular weight is 196 g/mol. The Hall–Kier alpha value is -1.29. The normalized spacial score (nSPS) is 12.8. The lowest BCUT2D eigenvalue weighted by molar-refractivity contribution is 0.0691. The van der Waals surface area contributed by atoms with Crippen LogP contribution in [0.3, 0.4) is 0 Å². The van der Waals surface area contributed by atoms with E-state index in [0.29, 0.717) is 12.5 Å². The molecule has 0 saturated carbocycles. The molecule has 1 aromatic rings. The van der Waals surface area contributed by atoms with Crippen LogP contribution in [-0.2, 0) is 6.42 Å². The molecule has 0 spiro atoms. The van der Waals surface area contributed by atoms with Crippen LogP contribution in [0.4, 0.5) is 0 Å². The van der Waals surface area contributed by atoms with Crippen LogP contribution in [0.1, 0.15) is 28.7 Å². The van der Waals surface area contributed by atoms with Crippen molar-refractivity contribution in [1.29, 1.82) is 0 Å². The van der Waals surface area contributed by atoms with E-state index in [1.54, 1.807) is 6.07 Å². The van der Waals surface area contributed by atoms with Crippen molar-refractivity contribution in [3.63, 3.8) is 0 Å². The molecule has 1 atom stereocenters. The summed E-state index contributed by atoms with van der Waals surface area (Å²) in [6.07, 6.45) is 0.801. The Labute approximate surface area is 83.1 Å². The first kappa shape index (κ1) is 10.8. The first-order valence-corrected chi connectivity index (χ1v) is 4.66. The lowest BCUT2D eigenvalue weighted by Gasteiger charge is -2.06. The summed E-state index contributed by atoms with van der Waals surface area (Å²) in [7, 11) is 0. The lowest BCUT2D eigenvalue weighted by Crippen LogP contribution is -2.13. The Morgan fingerprint density at radius 1 is 1.71 bits per heavy atom. The van der Waals surface area contributed by atoms with Gasteiger partial charge < -0.3 is 15.8 Å². The summed E-state index contributed by atoms with van der Waals surface area (Å²) in [5, 5.41) is 8.76. The monoisotopic (exact) mass is 196 g/mol. The molecule has 78 valence electrons. The van der Waals surface area contributed by atoms with Gasteiger partial charge in [-0.15, -0.1) is 0 Å². The predicted octanol–water partition coefficient (Wildman–Crippen LogP) is 1.16. The van der Waals surface area contributed by atoms with E-state index in [9.17, 15) is 4.79 Å². The summed E-state index contributed by atoms with van der Waals surface area (Å²) >= 11 is 0. The number of nitrogens with two attached hydrogens (primary N) is 1. The Kier molecular flexibility index (Phi) is 3.30. The number of carbonyl (C=O) groups is 1. The molecule has 0 bridgehead atoms. The second-order valence-electron chi connectivity index (χ2n) is 3.69. The highest BCUT2D eigenvalue weighted by molar-refractivity contribution is 5.85. The molecule has 0 fully saturated rings. The zero-order chi connectivity index (χ0) is 10.7. The summed E-state index contributed by atoms with van der Waals surface area (Å²) in [6, 6.07) is 1.65. The minimum atomic E-state index is -0.917. The quantitative estimate of drug-likeness (QED) is 0.676. The van der Waals surface area contributed by atoms with Crippen molar-refractivity contribution in [1.82, 2.24) is 4.98 Å². The Balaban J connectivity index is 2.82. The number of hydrogen-bond donors (Lipinski definition) is 3. The van der Waals surface area contributed by atoms with Crippen molar-refractivity contribution in [3.05, 3.63) is 23.0 Å². The van der Waals surface area contributed by atoms with Gasteiger partial charge in [0.1, 0.15) is 5.69 Å². The van der Waals surface area contributed by atoms with E-state index in [4.69, 9.17) is 10.8 Å². The standard InChI is InChI=1S/C10H16N2O2/c1-6(5-11)3-8-7(2)4-9(12-8)10(13)14/h4,6,12H,3,5,11H2,1-2H3,(H,13,14). The van der Waals surface area contributed by atoms with E-state index in [2.05, 4.69) is 4.98 Å². The summed E-state index contributed by atoms with van der Waals surface area (Å²) in [5.74, 6) is -0.547. The molecule has 14 heavy (non-hydrogen) atoms. The minimum Gasteiger partial charge on any atom is -0.477 e.